The standard InChI is InChI=1S/C17H22N6/c1-19-11-12-23(2)13-20-22-17-9-7-16(8-10-17)21-15-5-3-14(18)4-6-15/h3-12,19,21H,13,18H2,1-2H3/b12-11-,22-20?. The molecule has 6 nitrogen and oxygen atoms in total. The van der Waals surface area contributed by atoms with Crippen molar-refractivity contribution in [3.8, 4) is 0 Å². The fourth-order valence-corrected chi connectivity index (χ4v) is 1.81. The Balaban J connectivity index is 1.89. The van der Waals surface area contributed by atoms with E-state index in [0.29, 0.717) is 6.67 Å². The molecule has 0 saturated carbocycles. The molecule has 0 unspecified atom stereocenters. The quantitative estimate of drug-likeness (QED) is 0.538. The van der Waals surface area contributed by atoms with Crippen molar-refractivity contribution < 1.29 is 0 Å². The van der Waals surface area contributed by atoms with Crippen molar-refractivity contribution in [3.05, 3.63) is 60.9 Å². The van der Waals surface area contributed by atoms with E-state index in [2.05, 4.69) is 20.9 Å². The highest BCUT2D eigenvalue weighted by molar-refractivity contribution is 5.63. The number of azo groups is 1. The van der Waals surface area contributed by atoms with Crippen LogP contribution < -0.4 is 16.4 Å². The maximum atomic E-state index is 5.67. The van der Waals surface area contributed by atoms with E-state index in [9.17, 15) is 0 Å². The summed E-state index contributed by atoms with van der Waals surface area (Å²) in [5.74, 6) is 0. The molecule has 2 aromatic rings. The monoisotopic (exact) mass is 310 g/mol. The third-order valence-corrected chi connectivity index (χ3v) is 3.03. The van der Waals surface area contributed by atoms with Crippen LogP contribution >= 0.6 is 0 Å². The lowest BCUT2D eigenvalue weighted by atomic mass is 10.2. The Labute approximate surface area is 136 Å². The molecule has 0 aliphatic rings. The minimum absolute atomic E-state index is 0.504. The van der Waals surface area contributed by atoms with E-state index >= 15 is 0 Å². The Bertz CT molecular complexity index is 646. The van der Waals surface area contributed by atoms with Gasteiger partial charge in [-0.1, -0.05) is 0 Å². The van der Waals surface area contributed by atoms with Gasteiger partial charge in [0.1, 0.15) is 6.67 Å². The molecule has 0 fully saturated rings. The Morgan fingerprint density at radius 2 is 1.65 bits per heavy atom. The SMILES string of the molecule is CN/C=C\N(C)CN=Nc1ccc(Nc2ccc(N)cc2)cc1. The van der Waals surface area contributed by atoms with Gasteiger partial charge in [0.15, 0.2) is 0 Å². The summed E-state index contributed by atoms with van der Waals surface area (Å²) >= 11 is 0. The molecule has 0 saturated heterocycles. The average molecular weight is 310 g/mol. The van der Waals surface area contributed by atoms with E-state index in [4.69, 9.17) is 5.73 Å². The van der Waals surface area contributed by atoms with E-state index in [1.165, 1.54) is 0 Å². The number of nitrogens with two attached hydrogens (primary N) is 1. The molecule has 0 bridgehead atoms. The number of rotatable bonds is 7. The molecule has 0 aromatic heterocycles. The average Bonchev–Trinajstić information content (AvgIpc) is 2.56. The van der Waals surface area contributed by atoms with Gasteiger partial charge in [0.2, 0.25) is 0 Å². The van der Waals surface area contributed by atoms with Crippen LogP contribution in [-0.2, 0) is 0 Å². The Kier molecular flexibility index (Phi) is 5.99. The van der Waals surface area contributed by atoms with E-state index in [-0.39, 0.29) is 0 Å². The number of nitrogen functional groups attached to an aromatic ring is 1. The molecule has 6 heteroatoms. The van der Waals surface area contributed by atoms with Crippen LogP contribution in [0.4, 0.5) is 22.7 Å². The van der Waals surface area contributed by atoms with Gasteiger partial charge in [-0.3, -0.25) is 0 Å². The van der Waals surface area contributed by atoms with E-state index in [1.54, 1.807) is 0 Å². The Morgan fingerprint density at radius 1 is 1.04 bits per heavy atom. The first-order valence-electron chi connectivity index (χ1n) is 7.31. The van der Waals surface area contributed by atoms with Crippen LogP contribution in [0, 0.1) is 0 Å². The topological polar surface area (TPSA) is 78.0 Å². The first-order chi connectivity index (χ1) is 11.2. The third kappa shape index (κ3) is 5.70. The van der Waals surface area contributed by atoms with Crippen molar-refractivity contribution in [1.29, 1.82) is 0 Å². The molecule has 0 radical (unpaired) electrons. The number of nitrogens with zero attached hydrogens (tertiary/aromatic N) is 3. The van der Waals surface area contributed by atoms with Crippen LogP contribution in [0.25, 0.3) is 0 Å². The second kappa shape index (κ2) is 8.43. The van der Waals surface area contributed by atoms with Crippen LogP contribution in [0.2, 0.25) is 0 Å². The van der Waals surface area contributed by atoms with Crippen molar-refractivity contribution in [2.45, 2.75) is 0 Å². The summed E-state index contributed by atoms with van der Waals surface area (Å²) in [6, 6.07) is 15.4. The summed E-state index contributed by atoms with van der Waals surface area (Å²) < 4.78 is 0. The fourth-order valence-electron chi connectivity index (χ4n) is 1.81. The lowest BCUT2D eigenvalue weighted by molar-refractivity contribution is 0.460. The number of nitrogens with one attached hydrogen (secondary N) is 2. The molecule has 0 aliphatic carbocycles. The minimum Gasteiger partial charge on any atom is -0.399 e. The van der Waals surface area contributed by atoms with Gasteiger partial charge in [-0.05, 0) is 48.5 Å². The summed E-state index contributed by atoms with van der Waals surface area (Å²) in [4.78, 5) is 1.93. The number of hydrogen-bond donors (Lipinski definition) is 3. The lowest BCUT2D eigenvalue weighted by Gasteiger charge is -2.09. The molecule has 0 atom stereocenters. The highest BCUT2D eigenvalue weighted by Crippen LogP contribution is 2.21. The predicted octanol–water partition coefficient (Wildman–Crippen LogP) is 3.68. The van der Waals surface area contributed by atoms with Crippen LogP contribution in [0.1, 0.15) is 0 Å². The third-order valence-electron chi connectivity index (χ3n) is 3.03. The Hall–Kier alpha value is -3.02. The Morgan fingerprint density at radius 3 is 2.26 bits per heavy atom. The van der Waals surface area contributed by atoms with Crippen molar-refractivity contribution in [3.63, 3.8) is 0 Å². The van der Waals surface area contributed by atoms with Crippen molar-refractivity contribution >= 4 is 22.7 Å². The zero-order chi connectivity index (χ0) is 16.5. The summed E-state index contributed by atoms with van der Waals surface area (Å²) in [6.07, 6.45) is 3.74. The molecule has 4 N–H and O–H groups in total. The normalized spacial score (nSPS) is 11.0. The maximum absolute atomic E-state index is 5.67. The van der Waals surface area contributed by atoms with Crippen molar-refractivity contribution in [2.24, 2.45) is 10.2 Å². The van der Waals surface area contributed by atoms with Gasteiger partial charge in [0.25, 0.3) is 0 Å². The first-order valence-corrected chi connectivity index (χ1v) is 7.31. The lowest BCUT2D eigenvalue weighted by Crippen LogP contribution is -2.11. The molecule has 0 spiro atoms. The van der Waals surface area contributed by atoms with Crippen molar-refractivity contribution in [1.82, 2.24) is 10.2 Å². The summed E-state index contributed by atoms with van der Waals surface area (Å²) in [6.45, 7) is 0.504. The number of anilines is 3. The second-order valence-corrected chi connectivity index (χ2v) is 5.04. The maximum Gasteiger partial charge on any atom is 0.131 e. The molecule has 120 valence electrons. The largest absolute Gasteiger partial charge is 0.399 e. The molecular formula is C17H22N6. The van der Waals surface area contributed by atoms with Gasteiger partial charge in [-0.15, -0.1) is 0 Å². The van der Waals surface area contributed by atoms with Gasteiger partial charge in [-0.25, -0.2) is 0 Å². The smallest absolute Gasteiger partial charge is 0.131 e. The number of hydrogen-bond acceptors (Lipinski definition) is 6. The molecule has 2 rings (SSSR count). The van der Waals surface area contributed by atoms with Crippen molar-refractivity contribution in [2.75, 3.05) is 31.8 Å². The van der Waals surface area contributed by atoms with Gasteiger partial charge < -0.3 is 21.3 Å². The number of benzene rings is 2. The molecule has 2 aromatic carbocycles. The zero-order valence-corrected chi connectivity index (χ0v) is 13.4. The van der Waals surface area contributed by atoms with E-state index < -0.39 is 0 Å². The fraction of sp³-hybridized carbons (Fsp3) is 0.176. The molecule has 0 heterocycles. The van der Waals surface area contributed by atoms with E-state index in [1.807, 2.05) is 79.9 Å². The molecular weight excluding hydrogens is 288 g/mol. The van der Waals surface area contributed by atoms with Gasteiger partial charge in [0.05, 0.1) is 5.69 Å². The highest BCUT2D eigenvalue weighted by atomic mass is 15.2. The van der Waals surface area contributed by atoms with Crippen LogP contribution in [0.5, 0.6) is 0 Å². The summed E-state index contributed by atoms with van der Waals surface area (Å²) in [5, 5.41) is 14.6. The molecule has 23 heavy (non-hydrogen) atoms. The summed E-state index contributed by atoms with van der Waals surface area (Å²) in [5.41, 5.74) is 9.22. The van der Waals surface area contributed by atoms with Gasteiger partial charge in [0, 0.05) is 43.6 Å². The highest BCUT2D eigenvalue weighted by Gasteiger charge is 1.96. The zero-order valence-electron chi connectivity index (χ0n) is 13.4. The van der Waals surface area contributed by atoms with Crippen LogP contribution in [0.15, 0.2) is 71.2 Å². The minimum atomic E-state index is 0.504. The molecule has 0 aliphatic heterocycles. The van der Waals surface area contributed by atoms with Crippen LogP contribution in [0.3, 0.4) is 0 Å². The van der Waals surface area contributed by atoms with Gasteiger partial charge >= 0.3 is 0 Å². The van der Waals surface area contributed by atoms with E-state index in [0.717, 1.165) is 22.7 Å². The predicted molar refractivity (Wildman–Crippen MR) is 95.9 cm³/mol. The summed E-state index contributed by atoms with van der Waals surface area (Å²) in [7, 11) is 3.79. The second-order valence-electron chi connectivity index (χ2n) is 5.04. The van der Waals surface area contributed by atoms with Crippen LogP contribution in [-0.4, -0.2) is 25.7 Å². The first kappa shape index (κ1) is 16.4. The van der Waals surface area contributed by atoms with Gasteiger partial charge in [-0.2, -0.15) is 10.2 Å². The molecule has 0 amide bonds.